The number of hydrogen-bond donors (Lipinski definition) is 0. The number of rotatable bonds is 4. The molecule has 0 saturated heterocycles. The Balaban J connectivity index is 3.09. The molecule has 5 nitrogen and oxygen atoms in total. The zero-order valence-corrected chi connectivity index (χ0v) is 9.14. The van der Waals surface area contributed by atoms with Gasteiger partial charge in [-0.25, -0.2) is 0 Å². The van der Waals surface area contributed by atoms with E-state index in [0.29, 0.717) is 6.54 Å². The first-order valence-corrected chi connectivity index (χ1v) is 4.54. The number of nitrogens with zero attached hydrogens (tertiary/aromatic N) is 4. The van der Waals surface area contributed by atoms with E-state index in [0.717, 1.165) is 17.0 Å². The summed E-state index contributed by atoms with van der Waals surface area (Å²) in [5.41, 5.74) is 10.3. The van der Waals surface area contributed by atoms with Crippen molar-refractivity contribution < 1.29 is 4.74 Å². The molecule has 80 valence electrons. The lowest BCUT2D eigenvalue weighted by Crippen LogP contribution is -2.11. The summed E-state index contributed by atoms with van der Waals surface area (Å²) in [5, 5.41) is 3.56. The molecule has 0 unspecified atom stereocenters. The molecular formula is C10H14N4O. The molecule has 0 saturated carbocycles. The molecule has 0 heterocycles. The Labute approximate surface area is 88.9 Å². The van der Waals surface area contributed by atoms with Gasteiger partial charge in [-0.2, -0.15) is 0 Å². The third-order valence-corrected chi connectivity index (χ3v) is 2.07. The fraction of sp³-hybridized carbons (Fsp3) is 0.400. The van der Waals surface area contributed by atoms with E-state index in [1.54, 1.807) is 7.11 Å². The van der Waals surface area contributed by atoms with Crippen LogP contribution in [-0.4, -0.2) is 21.2 Å². The first kappa shape index (κ1) is 11.2. The minimum absolute atomic E-state index is 0.335. The minimum Gasteiger partial charge on any atom is -0.497 e. The molecule has 0 aromatic heterocycles. The standard InChI is InChI=1S/C10H14N4O/c1-14(2)10-5-4-9(15-3)6-8(10)7-12-13-11/h4-6H,7H2,1-3H3. The highest BCUT2D eigenvalue weighted by molar-refractivity contribution is 5.55. The van der Waals surface area contributed by atoms with Crippen LogP contribution in [0.25, 0.3) is 10.4 Å². The van der Waals surface area contributed by atoms with Crippen LogP contribution in [-0.2, 0) is 6.54 Å². The van der Waals surface area contributed by atoms with Crippen LogP contribution in [0.5, 0.6) is 5.75 Å². The Morgan fingerprint density at radius 3 is 2.73 bits per heavy atom. The van der Waals surface area contributed by atoms with Crippen molar-refractivity contribution in [2.75, 3.05) is 26.1 Å². The van der Waals surface area contributed by atoms with Gasteiger partial charge in [-0.15, -0.1) is 0 Å². The maximum absolute atomic E-state index is 8.30. The van der Waals surface area contributed by atoms with Crippen LogP contribution in [0.4, 0.5) is 5.69 Å². The van der Waals surface area contributed by atoms with Gasteiger partial charge >= 0.3 is 0 Å². The number of azide groups is 1. The third-order valence-electron chi connectivity index (χ3n) is 2.07. The average molecular weight is 206 g/mol. The monoisotopic (exact) mass is 206 g/mol. The lowest BCUT2D eigenvalue weighted by atomic mass is 10.1. The van der Waals surface area contributed by atoms with Gasteiger partial charge in [0.25, 0.3) is 0 Å². The van der Waals surface area contributed by atoms with Crippen molar-refractivity contribution in [3.05, 3.63) is 34.2 Å². The summed E-state index contributed by atoms with van der Waals surface area (Å²) in [4.78, 5) is 4.73. The Hall–Kier alpha value is -1.87. The summed E-state index contributed by atoms with van der Waals surface area (Å²) in [7, 11) is 5.50. The molecule has 1 aromatic rings. The molecule has 0 N–H and O–H groups in total. The van der Waals surface area contributed by atoms with Crippen molar-refractivity contribution >= 4 is 5.69 Å². The second kappa shape index (κ2) is 5.12. The Kier molecular flexibility index (Phi) is 3.83. The van der Waals surface area contributed by atoms with Gasteiger partial charge in [-0.05, 0) is 29.3 Å². The van der Waals surface area contributed by atoms with Crippen LogP contribution in [0.3, 0.4) is 0 Å². The molecule has 5 heteroatoms. The molecule has 0 atom stereocenters. The van der Waals surface area contributed by atoms with Crippen LogP contribution in [0.2, 0.25) is 0 Å². The molecule has 0 spiro atoms. The SMILES string of the molecule is COc1ccc(N(C)C)c(CN=[N+]=[N-])c1. The molecule has 1 aromatic carbocycles. The highest BCUT2D eigenvalue weighted by Gasteiger charge is 2.05. The summed E-state index contributed by atoms with van der Waals surface area (Å²) in [5.74, 6) is 0.767. The quantitative estimate of drug-likeness (QED) is 0.432. The van der Waals surface area contributed by atoms with Crippen LogP contribution >= 0.6 is 0 Å². The molecule has 0 aliphatic rings. The largest absolute Gasteiger partial charge is 0.497 e. The van der Waals surface area contributed by atoms with Crippen molar-refractivity contribution in [3.8, 4) is 5.75 Å². The van der Waals surface area contributed by atoms with E-state index in [1.807, 2.05) is 37.2 Å². The maximum Gasteiger partial charge on any atom is 0.119 e. The van der Waals surface area contributed by atoms with Crippen LogP contribution in [0, 0.1) is 0 Å². The highest BCUT2D eigenvalue weighted by Crippen LogP contribution is 2.24. The molecule has 0 aliphatic heterocycles. The molecule has 0 radical (unpaired) electrons. The summed E-state index contributed by atoms with van der Waals surface area (Å²) in [6.45, 7) is 0.335. The van der Waals surface area contributed by atoms with Crippen LogP contribution in [0.15, 0.2) is 23.3 Å². The molecule has 15 heavy (non-hydrogen) atoms. The van der Waals surface area contributed by atoms with Crippen LogP contribution in [0.1, 0.15) is 5.56 Å². The number of hydrogen-bond acceptors (Lipinski definition) is 3. The first-order valence-electron chi connectivity index (χ1n) is 4.54. The predicted molar refractivity (Wildman–Crippen MR) is 60.2 cm³/mol. The van der Waals surface area contributed by atoms with Gasteiger partial charge in [0.15, 0.2) is 0 Å². The fourth-order valence-corrected chi connectivity index (χ4v) is 1.36. The van der Waals surface area contributed by atoms with Gasteiger partial charge in [0.1, 0.15) is 5.75 Å². The lowest BCUT2D eigenvalue weighted by Gasteiger charge is -2.17. The second-order valence-electron chi connectivity index (χ2n) is 3.28. The van der Waals surface area contributed by atoms with Crippen molar-refractivity contribution in [3.63, 3.8) is 0 Å². The van der Waals surface area contributed by atoms with Crippen LogP contribution < -0.4 is 9.64 Å². The van der Waals surface area contributed by atoms with E-state index in [4.69, 9.17) is 10.3 Å². The number of ether oxygens (including phenoxy) is 1. The smallest absolute Gasteiger partial charge is 0.119 e. The van der Waals surface area contributed by atoms with E-state index in [9.17, 15) is 0 Å². The van der Waals surface area contributed by atoms with E-state index in [1.165, 1.54) is 0 Å². The Bertz CT molecular complexity index is 383. The van der Waals surface area contributed by atoms with Crippen molar-refractivity contribution in [1.82, 2.24) is 0 Å². The molecular weight excluding hydrogens is 192 g/mol. The van der Waals surface area contributed by atoms with Gasteiger partial charge in [-0.1, -0.05) is 5.11 Å². The van der Waals surface area contributed by atoms with E-state index >= 15 is 0 Å². The van der Waals surface area contributed by atoms with Crippen molar-refractivity contribution in [2.45, 2.75) is 6.54 Å². The minimum atomic E-state index is 0.335. The highest BCUT2D eigenvalue weighted by atomic mass is 16.5. The Morgan fingerprint density at radius 1 is 1.47 bits per heavy atom. The summed E-state index contributed by atoms with van der Waals surface area (Å²) < 4.78 is 5.12. The van der Waals surface area contributed by atoms with Gasteiger partial charge in [-0.3, -0.25) is 0 Å². The zero-order chi connectivity index (χ0) is 11.3. The molecule has 0 amide bonds. The summed E-state index contributed by atoms with van der Waals surface area (Å²) in [6, 6.07) is 5.71. The first-order chi connectivity index (χ1) is 7.19. The molecule has 1 rings (SSSR count). The normalized spacial score (nSPS) is 9.27. The maximum atomic E-state index is 8.30. The van der Waals surface area contributed by atoms with Crippen molar-refractivity contribution in [2.24, 2.45) is 5.11 Å². The van der Waals surface area contributed by atoms with Gasteiger partial charge in [0.05, 0.1) is 13.7 Å². The predicted octanol–water partition coefficient (Wildman–Crippen LogP) is 2.57. The Morgan fingerprint density at radius 2 is 2.20 bits per heavy atom. The lowest BCUT2D eigenvalue weighted by molar-refractivity contribution is 0.414. The molecule has 0 aliphatic carbocycles. The van der Waals surface area contributed by atoms with E-state index in [2.05, 4.69) is 10.0 Å². The van der Waals surface area contributed by atoms with Gasteiger partial charge < -0.3 is 9.64 Å². The van der Waals surface area contributed by atoms with Crippen molar-refractivity contribution in [1.29, 1.82) is 0 Å². The summed E-state index contributed by atoms with van der Waals surface area (Å²) in [6.07, 6.45) is 0. The zero-order valence-electron chi connectivity index (χ0n) is 9.14. The third kappa shape index (κ3) is 2.79. The van der Waals surface area contributed by atoms with E-state index < -0.39 is 0 Å². The van der Waals surface area contributed by atoms with Gasteiger partial charge in [0.2, 0.25) is 0 Å². The van der Waals surface area contributed by atoms with E-state index in [-0.39, 0.29) is 0 Å². The number of anilines is 1. The van der Waals surface area contributed by atoms with Gasteiger partial charge in [0, 0.05) is 24.7 Å². The number of methoxy groups -OCH3 is 1. The molecule has 0 fully saturated rings. The topological polar surface area (TPSA) is 61.2 Å². The number of benzene rings is 1. The molecule has 0 bridgehead atoms. The fourth-order valence-electron chi connectivity index (χ4n) is 1.36. The average Bonchev–Trinajstić information content (AvgIpc) is 2.25. The summed E-state index contributed by atoms with van der Waals surface area (Å²) >= 11 is 0. The second-order valence-corrected chi connectivity index (χ2v) is 3.28.